The molecule has 0 bridgehead atoms. The van der Waals surface area contributed by atoms with Crippen LogP contribution in [0.2, 0.25) is 0 Å². The summed E-state index contributed by atoms with van der Waals surface area (Å²) in [5.41, 5.74) is 4.59. The SMILES string of the molecule is COc1cc(N2CCON=C2c2cc(C)c3nc[nH]c3c2)ccc1F. The first-order valence-corrected chi connectivity index (χ1v) is 7.92. The number of aryl methyl sites for hydroxylation is 1. The maximum Gasteiger partial charge on any atom is 0.180 e. The van der Waals surface area contributed by atoms with E-state index < -0.39 is 5.82 Å². The molecule has 0 radical (unpaired) electrons. The monoisotopic (exact) mass is 340 g/mol. The number of anilines is 1. The van der Waals surface area contributed by atoms with Crippen molar-refractivity contribution < 1.29 is 14.0 Å². The van der Waals surface area contributed by atoms with Crippen molar-refractivity contribution in [3.8, 4) is 5.75 Å². The molecule has 3 aromatic rings. The fraction of sp³-hybridized carbons (Fsp3) is 0.222. The summed E-state index contributed by atoms with van der Waals surface area (Å²) >= 11 is 0. The fourth-order valence-electron chi connectivity index (χ4n) is 3.03. The number of oxime groups is 1. The molecule has 1 aromatic heterocycles. The zero-order valence-corrected chi connectivity index (χ0v) is 13.9. The largest absolute Gasteiger partial charge is 0.494 e. The number of aromatic nitrogens is 2. The topological polar surface area (TPSA) is 62.7 Å². The number of rotatable bonds is 3. The van der Waals surface area contributed by atoms with Crippen molar-refractivity contribution in [1.82, 2.24) is 9.97 Å². The van der Waals surface area contributed by atoms with E-state index in [0.29, 0.717) is 19.0 Å². The molecule has 0 unspecified atom stereocenters. The molecule has 1 aliphatic heterocycles. The average molecular weight is 340 g/mol. The smallest absolute Gasteiger partial charge is 0.180 e. The molecule has 0 fully saturated rings. The van der Waals surface area contributed by atoms with Gasteiger partial charge in [-0.3, -0.25) is 0 Å². The number of aromatic amines is 1. The molecule has 0 amide bonds. The molecule has 1 aliphatic rings. The molecular weight excluding hydrogens is 323 g/mol. The van der Waals surface area contributed by atoms with E-state index in [1.807, 2.05) is 24.0 Å². The molecule has 6 nitrogen and oxygen atoms in total. The molecule has 128 valence electrons. The van der Waals surface area contributed by atoms with Crippen LogP contribution in [-0.2, 0) is 4.84 Å². The van der Waals surface area contributed by atoms with Crippen LogP contribution in [0.15, 0.2) is 41.8 Å². The Balaban J connectivity index is 1.79. The number of H-pyrrole nitrogens is 1. The minimum absolute atomic E-state index is 0.198. The Morgan fingerprint density at radius 1 is 1.28 bits per heavy atom. The van der Waals surface area contributed by atoms with Crippen molar-refractivity contribution in [2.24, 2.45) is 5.16 Å². The molecule has 0 spiro atoms. The van der Waals surface area contributed by atoms with Crippen molar-refractivity contribution in [2.75, 3.05) is 25.2 Å². The van der Waals surface area contributed by atoms with Gasteiger partial charge in [0, 0.05) is 17.3 Å². The maximum absolute atomic E-state index is 13.7. The highest BCUT2D eigenvalue weighted by Gasteiger charge is 2.22. The van der Waals surface area contributed by atoms with Crippen LogP contribution < -0.4 is 9.64 Å². The van der Waals surface area contributed by atoms with Gasteiger partial charge in [-0.2, -0.15) is 0 Å². The number of amidine groups is 1. The first-order valence-electron chi connectivity index (χ1n) is 7.92. The summed E-state index contributed by atoms with van der Waals surface area (Å²) in [4.78, 5) is 14.7. The molecule has 7 heteroatoms. The third-order valence-corrected chi connectivity index (χ3v) is 4.23. The van der Waals surface area contributed by atoms with Crippen LogP contribution in [0.4, 0.5) is 10.1 Å². The van der Waals surface area contributed by atoms with Crippen molar-refractivity contribution in [1.29, 1.82) is 0 Å². The van der Waals surface area contributed by atoms with E-state index in [2.05, 4.69) is 15.1 Å². The van der Waals surface area contributed by atoms with E-state index in [0.717, 1.165) is 27.8 Å². The van der Waals surface area contributed by atoms with E-state index in [9.17, 15) is 4.39 Å². The lowest BCUT2D eigenvalue weighted by atomic mass is 10.1. The van der Waals surface area contributed by atoms with Gasteiger partial charge in [-0.25, -0.2) is 9.37 Å². The predicted octanol–water partition coefficient (Wildman–Crippen LogP) is 3.22. The molecule has 4 rings (SSSR count). The molecular formula is C18H17FN4O2. The number of imidazole rings is 1. The van der Waals surface area contributed by atoms with E-state index in [1.54, 1.807) is 18.5 Å². The first-order chi connectivity index (χ1) is 12.2. The van der Waals surface area contributed by atoms with E-state index in [4.69, 9.17) is 9.57 Å². The highest BCUT2D eigenvalue weighted by Crippen LogP contribution is 2.28. The van der Waals surface area contributed by atoms with Gasteiger partial charge in [0.05, 0.1) is 31.0 Å². The molecule has 0 aliphatic carbocycles. The number of methoxy groups -OCH3 is 1. The zero-order valence-electron chi connectivity index (χ0n) is 13.9. The van der Waals surface area contributed by atoms with Crippen molar-refractivity contribution in [3.05, 3.63) is 53.6 Å². The van der Waals surface area contributed by atoms with Crippen molar-refractivity contribution >= 4 is 22.6 Å². The van der Waals surface area contributed by atoms with Crippen LogP contribution in [0.1, 0.15) is 11.1 Å². The van der Waals surface area contributed by atoms with Gasteiger partial charge in [-0.1, -0.05) is 5.16 Å². The van der Waals surface area contributed by atoms with Gasteiger partial charge < -0.3 is 19.5 Å². The summed E-state index contributed by atoms with van der Waals surface area (Å²) in [5, 5.41) is 4.24. The van der Waals surface area contributed by atoms with E-state index >= 15 is 0 Å². The summed E-state index contributed by atoms with van der Waals surface area (Å²) in [6.45, 7) is 3.06. The minimum atomic E-state index is -0.396. The zero-order chi connectivity index (χ0) is 17.4. The number of benzene rings is 2. The highest BCUT2D eigenvalue weighted by molar-refractivity contribution is 6.11. The number of halogens is 1. The Hall–Kier alpha value is -3.09. The normalized spacial score (nSPS) is 14.4. The quantitative estimate of drug-likeness (QED) is 0.795. The minimum Gasteiger partial charge on any atom is -0.494 e. The van der Waals surface area contributed by atoms with Crippen LogP contribution in [0.3, 0.4) is 0 Å². The molecule has 0 saturated heterocycles. The molecule has 25 heavy (non-hydrogen) atoms. The summed E-state index contributed by atoms with van der Waals surface area (Å²) in [5.74, 6) is 0.468. The van der Waals surface area contributed by atoms with Crippen LogP contribution in [0.25, 0.3) is 11.0 Å². The van der Waals surface area contributed by atoms with Gasteiger partial charge in [0.1, 0.15) is 6.61 Å². The lowest BCUT2D eigenvalue weighted by molar-refractivity contribution is 0.142. The summed E-state index contributed by atoms with van der Waals surface area (Å²) < 4.78 is 18.8. The number of nitrogens with one attached hydrogen (secondary N) is 1. The van der Waals surface area contributed by atoms with Gasteiger partial charge in [0.2, 0.25) is 0 Å². The van der Waals surface area contributed by atoms with Gasteiger partial charge in [0.25, 0.3) is 0 Å². The van der Waals surface area contributed by atoms with E-state index in [-0.39, 0.29) is 5.75 Å². The second-order valence-electron chi connectivity index (χ2n) is 5.81. The second-order valence-corrected chi connectivity index (χ2v) is 5.81. The van der Waals surface area contributed by atoms with Gasteiger partial charge >= 0.3 is 0 Å². The van der Waals surface area contributed by atoms with Crippen molar-refractivity contribution in [3.63, 3.8) is 0 Å². The lowest BCUT2D eigenvalue weighted by Gasteiger charge is -2.29. The molecule has 1 N–H and O–H groups in total. The summed E-state index contributed by atoms with van der Waals surface area (Å²) in [6, 6.07) is 8.77. The van der Waals surface area contributed by atoms with Gasteiger partial charge in [-0.15, -0.1) is 0 Å². The Bertz CT molecular complexity index is 967. The van der Waals surface area contributed by atoms with Crippen LogP contribution >= 0.6 is 0 Å². The first kappa shape index (κ1) is 15.4. The Labute approximate surface area is 143 Å². The third-order valence-electron chi connectivity index (χ3n) is 4.23. The lowest BCUT2D eigenvalue weighted by Crippen LogP contribution is -2.38. The number of ether oxygens (including phenoxy) is 1. The summed E-state index contributed by atoms with van der Waals surface area (Å²) in [7, 11) is 1.45. The van der Waals surface area contributed by atoms with Crippen LogP contribution in [0, 0.1) is 12.7 Å². The van der Waals surface area contributed by atoms with Crippen molar-refractivity contribution in [2.45, 2.75) is 6.92 Å². The van der Waals surface area contributed by atoms with Gasteiger partial charge in [0.15, 0.2) is 17.4 Å². The highest BCUT2D eigenvalue weighted by atomic mass is 19.1. The Kier molecular flexibility index (Phi) is 3.76. The molecule has 2 aromatic carbocycles. The number of hydrogen-bond acceptors (Lipinski definition) is 5. The maximum atomic E-state index is 13.7. The predicted molar refractivity (Wildman–Crippen MR) is 93.6 cm³/mol. The Morgan fingerprint density at radius 3 is 3.00 bits per heavy atom. The van der Waals surface area contributed by atoms with Crippen LogP contribution in [-0.4, -0.2) is 36.1 Å². The number of hydrogen-bond donors (Lipinski definition) is 1. The Morgan fingerprint density at radius 2 is 2.16 bits per heavy atom. The number of nitrogens with zero attached hydrogens (tertiary/aromatic N) is 3. The van der Waals surface area contributed by atoms with E-state index in [1.165, 1.54) is 13.2 Å². The average Bonchev–Trinajstić information content (AvgIpc) is 3.11. The fourth-order valence-corrected chi connectivity index (χ4v) is 3.03. The molecule has 2 heterocycles. The molecule has 0 saturated carbocycles. The van der Waals surface area contributed by atoms with Gasteiger partial charge in [-0.05, 0) is 36.8 Å². The summed E-state index contributed by atoms with van der Waals surface area (Å²) in [6.07, 6.45) is 1.67. The van der Waals surface area contributed by atoms with Crippen LogP contribution in [0.5, 0.6) is 5.75 Å². The second kappa shape index (κ2) is 6.08. The number of fused-ring (bicyclic) bond motifs is 1. The third kappa shape index (κ3) is 2.67. The molecule has 0 atom stereocenters. The standard InChI is InChI=1S/C18H17FN4O2/c1-11-7-12(8-15-17(11)21-10-20-15)18-22-25-6-5-23(18)13-3-4-14(19)16(9-13)24-2/h3-4,7-10H,5-6H2,1-2H3,(H,20,21).